The van der Waals surface area contributed by atoms with Gasteiger partial charge < -0.3 is 15.8 Å². The highest BCUT2D eigenvalue weighted by Crippen LogP contribution is 2.11. The van der Waals surface area contributed by atoms with Crippen molar-refractivity contribution in [1.82, 2.24) is 5.32 Å². The minimum atomic E-state index is -0.539. The van der Waals surface area contributed by atoms with E-state index < -0.39 is 11.6 Å². The van der Waals surface area contributed by atoms with Crippen LogP contribution in [0.5, 0.6) is 5.75 Å². The second-order valence-corrected chi connectivity index (χ2v) is 4.65. The molecule has 0 aliphatic heterocycles. The fourth-order valence-electron chi connectivity index (χ4n) is 1.24. The van der Waals surface area contributed by atoms with Crippen molar-refractivity contribution < 1.29 is 9.53 Å². The van der Waals surface area contributed by atoms with Gasteiger partial charge in [-0.05, 0) is 32.9 Å². The SMILES string of the molecule is CC(Oc1ccccc1)C(=O)NC(C)(C)CN.Cl. The predicted octanol–water partition coefficient (Wildman–Crippen LogP) is 1.73. The van der Waals surface area contributed by atoms with E-state index in [-0.39, 0.29) is 18.3 Å². The lowest BCUT2D eigenvalue weighted by molar-refractivity contribution is -0.128. The Morgan fingerprint density at radius 3 is 2.44 bits per heavy atom. The van der Waals surface area contributed by atoms with Crippen molar-refractivity contribution in [2.45, 2.75) is 32.4 Å². The van der Waals surface area contributed by atoms with Gasteiger partial charge in [0.1, 0.15) is 5.75 Å². The maximum Gasteiger partial charge on any atom is 0.261 e. The normalized spacial score (nSPS) is 12.2. The fourth-order valence-corrected chi connectivity index (χ4v) is 1.24. The first kappa shape index (κ1) is 16.7. The molecule has 0 saturated heterocycles. The summed E-state index contributed by atoms with van der Waals surface area (Å²) >= 11 is 0. The molecule has 0 saturated carbocycles. The van der Waals surface area contributed by atoms with Crippen LogP contribution in [0.15, 0.2) is 30.3 Å². The topological polar surface area (TPSA) is 64.3 Å². The van der Waals surface area contributed by atoms with E-state index in [0.717, 1.165) is 0 Å². The molecule has 5 heteroatoms. The molecule has 0 spiro atoms. The number of carbonyl (C=O) groups excluding carboxylic acids is 1. The van der Waals surface area contributed by atoms with Crippen LogP contribution in [0.1, 0.15) is 20.8 Å². The zero-order valence-electron chi connectivity index (χ0n) is 11.0. The number of hydrogen-bond donors (Lipinski definition) is 2. The van der Waals surface area contributed by atoms with Gasteiger partial charge in [0.05, 0.1) is 0 Å². The molecule has 0 fully saturated rings. The zero-order valence-corrected chi connectivity index (χ0v) is 11.8. The van der Waals surface area contributed by atoms with Crippen molar-refractivity contribution in [3.05, 3.63) is 30.3 Å². The molecule has 4 nitrogen and oxygen atoms in total. The van der Waals surface area contributed by atoms with E-state index in [9.17, 15) is 4.79 Å². The highest BCUT2D eigenvalue weighted by molar-refractivity contribution is 5.85. The number of hydrogen-bond acceptors (Lipinski definition) is 3. The highest BCUT2D eigenvalue weighted by atomic mass is 35.5. The Balaban J connectivity index is 0.00000289. The summed E-state index contributed by atoms with van der Waals surface area (Å²) in [6.45, 7) is 5.85. The van der Waals surface area contributed by atoms with E-state index in [4.69, 9.17) is 10.5 Å². The maximum atomic E-state index is 11.8. The summed E-state index contributed by atoms with van der Waals surface area (Å²) in [5, 5.41) is 2.84. The number of para-hydroxylation sites is 1. The number of rotatable bonds is 5. The zero-order chi connectivity index (χ0) is 12.9. The van der Waals surface area contributed by atoms with Crippen LogP contribution < -0.4 is 15.8 Å². The van der Waals surface area contributed by atoms with Crippen LogP contribution in [0, 0.1) is 0 Å². The molecular weight excluding hydrogens is 252 g/mol. The molecular formula is C13H21ClN2O2. The largest absolute Gasteiger partial charge is 0.481 e. The van der Waals surface area contributed by atoms with Crippen molar-refractivity contribution in [2.24, 2.45) is 5.73 Å². The molecule has 0 heterocycles. The number of nitrogens with one attached hydrogen (secondary N) is 1. The van der Waals surface area contributed by atoms with E-state index in [1.807, 2.05) is 44.2 Å². The Hall–Kier alpha value is -1.26. The quantitative estimate of drug-likeness (QED) is 0.858. The summed E-state index contributed by atoms with van der Waals surface area (Å²) in [5.41, 5.74) is 5.14. The van der Waals surface area contributed by atoms with Gasteiger partial charge in [-0.1, -0.05) is 18.2 Å². The van der Waals surface area contributed by atoms with Crippen molar-refractivity contribution >= 4 is 18.3 Å². The van der Waals surface area contributed by atoms with Crippen molar-refractivity contribution in [2.75, 3.05) is 6.54 Å². The molecule has 1 atom stereocenters. The molecule has 1 amide bonds. The monoisotopic (exact) mass is 272 g/mol. The van der Waals surface area contributed by atoms with Crippen molar-refractivity contribution in [3.8, 4) is 5.75 Å². The first-order valence-electron chi connectivity index (χ1n) is 5.68. The van der Waals surface area contributed by atoms with E-state index in [1.165, 1.54) is 0 Å². The minimum Gasteiger partial charge on any atom is -0.481 e. The van der Waals surface area contributed by atoms with Crippen LogP contribution in [0.25, 0.3) is 0 Å². The van der Waals surface area contributed by atoms with Crippen LogP contribution in [0.4, 0.5) is 0 Å². The molecule has 0 aromatic heterocycles. The van der Waals surface area contributed by atoms with Crippen LogP contribution in [-0.2, 0) is 4.79 Å². The van der Waals surface area contributed by atoms with E-state index in [1.54, 1.807) is 6.92 Å². The second-order valence-electron chi connectivity index (χ2n) is 4.65. The molecule has 1 aromatic rings. The average Bonchev–Trinajstić information content (AvgIpc) is 2.30. The molecule has 102 valence electrons. The number of carbonyl (C=O) groups is 1. The Morgan fingerprint density at radius 1 is 1.39 bits per heavy atom. The minimum absolute atomic E-state index is 0. The van der Waals surface area contributed by atoms with Crippen LogP contribution in [0.2, 0.25) is 0 Å². The molecule has 0 aliphatic carbocycles. The summed E-state index contributed by atoms with van der Waals surface area (Å²) in [7, 11) is 0. The van der Waals surface area contributed by atoms with Crippen LogP contribution in [0.3, 0.4) is 0 Å². The summed E-state index contributed by atoms with van der Waals surface area (Å²) < 4.78 is 5.51. The van der Waals surface area contributed by atoms with Gasteiger partial charge in [-0.25, -0.2) is 0 Å². The Kier molecular flexibility index (Phi) is 6.73. The molecule has 0 aliphatic rings. The lowest BCUT2D eigenvalue weighted by Gasteiger charge is -2.26. The summed E-state index contributed by atoms with van der Waals surface area (Å²) in [4.78, 5) is 11.8. The predicted molar refractivity (Wildman–Crippen MR) is 75.1 cm³/mol. The number of amides is 1. The van der Waals surface area contributed by atoms with Gasteiger partial charge in [0, 0.05) is 12.1 Å². The Bertz CT molecular complexity index is 369. The van der Waals surface area contributed by atoms with Gasteiger partial charge in [-0.3, -0.25) is 4.79 Å². The number of halogens is 1. The van der Waals surface area contributed by atoms with Gasteiger partial charge in [0.2, 0.25) is 0 Å². The number of ether oxygens (including phenoxy) is 1. The standard InChI is InChI=1S/C13H20N2O2.ClH/c1-10(12(16)15-13(2,3)9-14)17-11-7-5-4-6-8-11;/h4-8,10H,9,14H2,1-3H3,(H,15,16);1H. The number of nitrogens with two attached hydrogens (primary N) is 1. The Morgan fingerprint density at radius 2 is 1.94 bits per heavy atom. The summed E-state index contributed by atoms with van der Waals surface area (Å²) in [6, 6.07) is 9.26. The van der Waals surface area contributed by atoms with E-state index in [0.29, 0.717) is 12.3 Å². The molecule has 18 heavy (non-hydrogen) atoms. The molecule has 1 aromatic carbocycles. The summed E-state index contributed by atoms with van der Waals surface area (Å²) in [5.74, 6) is 0.519. The highest BCUT2D eigenvalue weighted by Gasteiger charge is 2.22. The van der Waals surface area contributed by atoms with E-state index in [2.05, 4.69) is 5.32 Å². The third-order valence-corrected chi connectivity index (χ3v) is 2.40. The molecule has 0 bridgehead atoms. The van der Waals surface area contributed by atoms with Crippen molar-refractivity contribution in [3.63, 3.8) is 0 Å². The first-order valence-corrected chi connectivity index (χ1v) is 5.68. The van der Waals surface area contributed by atoms with Gasteiger partial charge >= 0.3 is 0 Å². The van der Waals surface area contributed by atoms with E-state index >= 15 is 0 Å². The van der Waals surface area contributed by atoms with Crippen LogP contribution in [-0.4, -0.2) is 24.1 Å². The molecule has 1 unspecified atom stereocenters. The third-order valence-electron chi connectivity index (χ3n) is 2.40. The first-order chi connectivity index (χ1) is 7.94. The smallest absolute Gasteiger partial charge is 0.261 e. The van der Waals surface area contributed by atoms with Crippen LogP contribution >= 0.6 is 12.4 Å². The van der Waals surface area contributed by atoms with Gasteiger partial charge in [0.25, 0.3) is 5.91 Å². The maximum absolute atomic E-state index is 11.8. The molecule has 3 N–H and O–H groups in total. The lowest BCUT2D eigenvalue weighted by atomic mass is 10.1. The van der Waals surface area contributed by atoms with Gasteiger partial charge in [-0.2, -0.15) is 0 Å². The van der Waals surface area contributed by atoms with Crippen molar-refractivity contribution in [1.29, 1.82) is 0 Å². The molecule has 1 rings (SSSR count). The average molecular weight is 273 g/mol. The fraction of sp³-hybridized carbons (Fsp3) is 0.462. The third kappa shape index (κ3) is 5.38. The molecule has 0 radical (unpaired) electrons. The second kappa shape index (κ2) is 7.24. The van der Waals surface area contributed by atoms with Gasteiger partial charge in [-0.15, -0.1) is 12.4 Å². The lowest BCUT2D eigenvalue weighted by Crippen LogP contribution is -2.52. The number of benzene rings is 1. The Labute approximate surface area is 114 Å². The van der Waals surface area contributed by atoms with Gasteiger partial charge in [0.15, 0.2) is 6.10 Å². The summed E-state index contributed by atoms with van der Waals surface area (Å²) in [6.07, 6.45) is -0.539.